The Labute approximate surface area is 115 Å². The number of rotatable bonds is 9. The molecule has 0 radical (unpaired) electrons. The summed E-state index contributed by atoms with van der Waals surface area (Å²) in [5, 5.41) is 14.5. The second kappa shape index (κ2) is 8.59. The van der Waals surface area contributed by atoms with Crippen LogP contribution in [-0.2, 0) is 6.42 Å². The SMILES string of the molecule is CCCCC(CC)c1nnc(CCNC(C)C)s1. The van der Waals surface area contributed by atoms with Crippen LogP contribution in [-0.4, -0.2) is 22.8 Å². The molecule has 0 aliphatic rings. The first-order valence-electron chi connectivity index (χ1n) is 7.23. The summed E-state index contributed by atoms with van der Waals surface area (Å²) in [7, 11) is 0. The normalized spacial score (nSPS) is 13.2. The van der Waals surface area contributed by atoms with Gasteiger partial charge in [0.25, 0.3) is 0 Å². The Kier molecular flexibility index (Phi) is 7.44. The Morgan fingerprint density at radius 3 is 2.61 bits per heavy atom. The smallest absolute Gasteiger partial charge is 0.120 e. The van der Waals surface area contributed by atoms with Crippen molar-refractivity contribution in [1.82, 2.24) is 15.5 Å². The molecule has 0 aromatic carbocycles. The van der Waals surface area contributed by atoms with Crippen LogP contribution in [0, 0.1) is 0 Å². The van der Waals surface area contributed by atoms with Crippen LogP contribution in [0.1, 0.15) is 69.3 Å². The van der Waals surface area contributed by atoms with Gasteiger partial charge in [-0.15, -0.1) is 21.5 Å². The van der Waals surface area contributed by atoms with E-state index >= 15 is 0 Å². The van der Waals surface area contributed by atoms with Crippen molar-refractivity contribution in [1.29, 1.82) is 0 Å². The highest BCUT2D eigenvalue weighted by molar-refractivity contribution is 7.11. The summed E-state index contributed by atoms with van der Waals surface area (Å²) in [5.41, 5.74) is 0. The Morgan fingerprint density at radius 1 is 1.22 bits per heavy atom. The van der Waals surface area contributed by atoms with Gasteiger partial charge in [0.2, 0.25) is 0 Å². The number of nitrogens with zero attached hydrogens (tertiary/aromatic N) is 2. The highest BCUT2D eigenvalue weighted by Gasteiger charge is 2.14. The zero-order valence-electron chi connectivity index (χ0n) is 12.2. The molecule has 3 nitrogen and oxygen atoms in total. The van der Waals surface area contributed by atoms with Crippen molar-refractivity contribution in [2.45, 2.75) is 71.8 Å². The van der Waals surface area contributed by atoms with E-state index in [1.807, 2.05) is 0 Å². The van der Waals surface area contributed by atoms with E-state index in [0.29, 0.717) is 12.0 Å². The highest BCUT2D eigenvalue weighted by Crippen LogP contribution is 2.27. The van der Waals surface area contributed by atoms with Crippen LogP contribution in [0.4, 0.5) is 0 Å². The van der Waals surface area contributed by atoms with Crippen molar-refractivity contribution in [3.05, 3.63) is 10.0 Å². The Balaban J connectivity index is 2.45. The Bertz CT molecular complexity index is 323. The van der Waals surface area contributed by atoms with Crippen molar-refractivity contribution in [2.24, 2.45) is 0 Å². The zero-order chi connectivity index (χ0) is 13.4. The van der Waals surface area contributed by atoms with Gasteiger partial charge in [-0.25, -0.2) is 0 Å². The average Bonchev–Trinajstić information content (AvgIpc) is 2.78. The standard InChI is InChI=1S/C14H27N3S/c1-5-7-8-12(6-2)14-17-16-13(18-14)9-10-15-11(3)4/h11-12,15H,5-10H2,1-4H3. The van der Waals surface area contributed by atoms with Gasteiger partial charge in [-0.05, 0) is 12.8 Å². The molecule has 1 aromatic heterocycles. The monoisotopic (exact) mass is 269 g/mol. The average molecular weight is 269 g/mol. The zero-order valence-corrected chi connectivity index (χ0v) is 13.0. The van der Waals surface area contributed by atoms with Gasteiger partial charge >= 0.3 is 0 Å². The molecule has 0 aliphatic carbocycles. The molecule has 1 heterocycles. The lowest BCUT2D eigenvalue weighted by Crippen LogP contribution is -2.24. The lowest BCUT2D eigenvalue weighted by Gasteiger charge is -2.09. The first kappa shape index (κ1) is 15.6. The van der Waals surface area contributed by atoms with Gasteiger partial charge in [0, 0.05) is 24.9 Å². The third-order valence-electron chi connectivity index (χ3n) is 3.12. The van der Waals surface area contributed by atoms with Gasteiger partial charge in [0.05, 0.1) is 0 Å². The van der Waals surface area contributed by atoms with Crippen molar-refractivity contribution in [3.63, 3.8) is 0 Å². The fraction of sp³-hybridized carbons (Fsp3) is 0.857. The maximum Gasteiger partial charge on any atom is 0.120 e. The van der Waals surface area contributed by atoms with E-state index in [9.17, 15) is 0 Å². The molecule has 0 spiro atoms. The minimum absolute atomic E-state index is 0.547. The molecular weight excluding hydrogens is 242 g/mol. The molecule has 0 aliphatic heterocycles. The molecule has 0 fully saturated rings. The topological polar surface area (TPSA) is 37.8 Å². The molecule has 0 amide bonds. The van der Waals surface area contributed by atoms with E-state index in [4.69, 9.17) is 0 Å². The van der Waals surface area contributed by atoms with E-state index in [2.05, 4.69) is 43.2 Å². The fourth-order valence-corrected chi connectivity index (χ4v) is 3.01. The molecule has 1 unspecified atom stereocenters. The molecule has 1 aromatic rings. The van der Waals surface area contributed by atoms with Crippen LogP contribution in [0.5, 0.6) is 0 Å². The predicted octanol–water partition coefficient (Wildman–Crippen LogP) is 3.76. The Morgan fingerprint density at radius 2 is 2.00 bits per heavy atom. The van der Waals surface area contributed by atoms with E-state index < -0.39 is 0 Å². The van der Waals surface area contributed by atoms with Crippen LogP contribution < -0.4 is 5.32 Å². The molecule has 0 bridgehead atoms. The van der Waals surface area contributed by atoms with Gasteiger partial charge in [-0.3, -0.25) is 0 Å². The maximum absolute atomic E-state index is 4.38. The summed E-state index contributed by atoms with van der Waals surface area (Å²) in [4.78, 5) is 0. The van der Waals surface area contributed by atoms with Gasteiger partial charge in [-0.1, -0.05) is 40.5 Å². The summed E-state index contributed by atoms with van der Waals surface area (Å²) in [6.45, 7) is 9.84. The number of nitrogens with one attached hydrogen (secondary N) is 1. The van der Waals surface area contributed by atoms with Crippen LogP contribution >= 0.6 is 11.3 Å². The second-order valence-electron chi connectivity index (χ2n) is 5.14. The van der Waals surface area contributed by atoms with Crippen molar-refractivity contribution >= 4 is 11.3 Å². The first-order chi connectivity index (χ1) is 8.67. The Hall–Kier alpha value is -0.480. The van der Waals surface area contributed by atoms with E-state index in [1.165, 1.54) is 35.7 Å². The summed E-state index contributed by atoms with van der Waals surface area (Å²) in [6.07, 6.45) is 5.99. The minimum Gasteiger partial charge on any atom is -0.314 e. The predicted molar refractivity (Wildman–Crippen MR) is 79.3 cm³/mol. The highest BCUT2D eigenvalue weighted by atomic mass is 32.1. The van der Waals surface area contributed by atoms with Gasteiger partial charge in [0.1, 0.15) is 10.0 Å². The van der Waals surface area contributed by atoms with Crippen molar-refractivity contribution < 1.29 is 0 Å². The van der Waals surface area contributed by atoms with E-state index in [-0.39, 0.29) is 0 Å². The molecule has 18 heavy (non-hydrogen) atoms. The molecule has 104 valence electrons. The summed E-state index contributed by atoms with van der Waals surface area (Å²) < 4.78 is 0. The quantitative estimate of drug-likeness (QED) is 0.741. The minimum atomic E-state index is 0.547. The molecule has 1 rings (SSSR count). The lowest BCUT2D eigenvalue weighted by atomic mass is 10.0. The lowest BCUT2D eigenvalue weighted by molar-refractivity contribution is 0.562. The number of aromatic nitrogens is 2. The largest absolute Gasteiger partial charge is 0.314 e. The van der Waals surface area contributed by atoms with Gasteiger partial charge < -0.3 is 5.32 Å². The summed E-state index contributed by atoms with van der Waals surface area (Å²) in [6, 6.07) is 0.547. The molecule has 1 atom stereocenters. The molecule has 4 heteroatoms. The molecule has 1 N–H and O–H groups in total. The molecule has 0 saturated heterocycles. The van der Waals surface area contributed by atoms with Crippen LogP contribution in [0.25, 0.3) is 0 Å². The van der Waals surface area contributed by atoms with Crippen LogP contribution in [0.15, 0.2) is 0 Å². The third kappa shape index (κ3) is 5.44. The molecule has 0 saturated carbocycles. The summed E-state index contributed by atoms with van der Waals surface area (Å²) >= 11 is 1.81. The molecular formula is C14H27N3S. The van der Waals surface area contributed by atoms with Crippen LogP contribution in [0.2, 0.25) is 0 Å². The number of unbranched alkanes of at least 4 members (excludes halogenated alkanes) is 1. The van der Waals surface area contributed by atoms with E-state index in [0.717, 1.165) is 13.0 Å². The van der Waals surface area contributed by atoms with Gasteiger partial charge in [0.15, 0.2) is 0 Å². The second-order valence-corrected chi connectivity index (χ2v) is 6.23. The summed E-state index contributed by atoms with van der Waals surface area (Å²) in [5.74, 6) is 0.620. The third-order valence-corrected chi connectivity index (χ3v) is 4.27. The van der Waals surface area contributed by atoms with E-state index in [1.54, 1.807) is 11.3 Å². The fourth-order valence-electron chi connectivity index (χ4n) is 1.95. The van der Waals surface area contributed by atoms with Crippen molar-refractivity contribution in [3.8, 4) is 0 Å². The first-order valence-corrected chi connectivity index (χ1v) is 8.04. The number of hydrogen-bond acceptors (Lipinski definition) is 4. The van der Waals surface area contributed by atoms with Gasteiger partial charge in [-0.2, -0.15) is 0 Å². The maximum atomic E-state index is 4.38. The van der Waals surface area contributed by atoms with Crippen LogP contribution in [0.3, 0.4) is 0 Å². The number of hydrogen-bond donors (Lipinski definition) is 1. The van der Waals surface area contributed by atoms with Crippen molar-refractivity contribution in [2.75, 3.05) is 6.54 Å².